The first-order valence-corrected chi connectivity index (χ1v) is 6.98. The molecule has 2 atom stereocenters. The second-order valence-electron chi connectivity index (χ2n) is 4.71. The maximum Gasteiger partial charge on any atom is 0.508 e. The van der Waals surface area contributed by atoms with Crippen LogP contribution in [0.15, 0.2) is 24.3 Å². The van der Waals surface area contributed by atoms with Gasteiger partial charge in [-0.1, -0.05) is 6.07 Å². The third-order valence-electron chi connectivity index (χ3n) is 2.93. The molecule has 0 amide bonds. The van der Waals surface area contributed by atoms with E-state index >= 15 is 0 Å². The lowest BCUT2D eigenvalue weighted by Gasteiger charge is -2.16. The van der Waals surface area contributed by atoms with Gasteiger partial charge in [0.05, 0.1) is 6.61 Å². The van der Waals surface area contributed by atoms with Gasteiger partial charge in [-0.3, -0.25) is 4.79 Å². The molecule has 1 aromatic carbocycles. The lowest BCUT2D eigenvalue weighted by Crippen LogP contribution is -2.26. The van der Waals surface area contributed by atoms with E-state index in [4.69, 9.17) is 23.7 Å². The van der Waals surface area contributed by atoms with Crippen LogP contribution in [0, 0.1) is 0 Å². The van der Waals surface area contributed by atoms with Crippen LogP contribution in [0.2, 0.25) is 0 Å². The van der Waals surface area contributed by atoms with Crippen LogP contribution in [0.1, 0.15) is 0 Å². The lowest BCUT2D eigenvalue weighted by molar-refractivity contribution is -0.137. The van der Waals surface area contributed by atoms with E-state index in [0.29, 0.717) is 18.0 Å². The van der Waals surface area contributed by atoms with Gasteiger partial charge in [-0.15, -0.1) is 0 Å². The van der Waals surface area contributed by atoms with Gasteiger partial charge in [0.15, 0.2) is 12.2 Å². The largest absolute Gasteiger partial charge is 0.508 e. The summed E-state index contributed by atoms with van der Waals surface area (Å²) in [7, 11) is 1.51. The molecule has 0 saturated carbocycles. The molecule has 1 fully saturated rings. The average molecular weight is 326 g/mol. The van der Waals surface area contributed by atoms with Gasteiger partial charge in [0.25, 0.3) is 6.47 Å². The number of methoxy groups -OCH3 is 1. The van der Waals surface area contributed by atoms with Gasteiger partial charge in [0.1, 0.15) is 31.3 Å². The minimum atomic E-state index is -0.685. The predicted octanol–water partition coefficient (Wildman–Crippen LogP) is 1.17. The molecule has 1 aliphatic heterocycles. The van der Waals surface area contributed by atoms with Crippen LogP contribution in [-0.2, 0) is 23.7 Å². The van der Waals surface area contributed by atoms with Crippen molar-refractivity contribution in [1.82, 2.24) is 0 Å². The van der Waals surface area contributed by atoms with E-state index in [1.807, 2.05) is 0 Å². The van der Waals surface area contributed by atoms with Gasteiger partial charge in [0, 0.05) is 13.2 Å². The van der Waals surface area contributed by atoms with Crippen molar-refractivity contribution in [3.8, 4) is 11.5 Å². The fraction of sp³-hybridized carbons (Fsp3) is 0.467. The molecule has 1 saturated heterocycles. The highest BCUT2D eigenvalue weighted by atomic mass is 16.8. The zero-order valence-electron chi connectivity index (χ0n) is 12.6. The summed E-state index contributed by atoms with van der Waals surface area (Å²) in [4.78, 5) is 21.2. The first-order valence-electron chi connectivity index (χ1n) is 6.98. The molecule has 0 aliphatic carbocycles. The number of cyclic esters (lactones) is 2. The first kappa shape index (κ1) is 16.9. The number of carbonyl (C=O) groups excluding carboxylic acids is 2. The Bertz CT molecular complexity index is 518. The molecular formula is C15H18O8. The Kier molecular flexibility index (Phi) is 6.49. The molecule has 23 heavy (non-hydrogen) atoms. The van der Waals surface area contributed by atoms with Gasteiger partial charge in [0.2, 0.25) is 0 Å². The third kappa shape index (κ3) is 5.67. The maximum absolute atomic E-state index is 10.8. The summed E-state index contributed by atoms with van der Waals surface area (Å²) < 4.78 is 30.4. The van der Waals surface area contributed by atoms with Crippen LogP contribution in [-0.4, -0.2) is 58.4 Å². The van der Waals surface area contributed by atoms with Crippen LogP contribution in [0.5, 0.6) is 11.5 Å². The van der Waals surface area contributed by atoms with Gasteiger partial charge in [-0.25, -0.2) is 4.79 Å². The fourth-order valence-electron chi connectivity index (χ4n) is 1.87. The Hall–Kier alpha value is -2.48. The monoisotopic (exact) mass is 326 g/mol. The zero-order chi connectivity index (χ0) is 16.5. The SMILES string of the molecule is COCC(COc1cccc(OCC2COC(=O)O2)c1)OC=O. The van der Waals surface area contributed by atoms with Crippen molar-refractivity contribution in [2.24, 2.45) is 0 Å². The number of hydrogen-bond acceptors (Lipinski definition) is 8. The summed E-state index contributed by atoms with van der Waals surface area (Å²) in [5.41, 5.74) is 0. The third-order valence-corrected chi connectivity index (χ3v) is 2.93. The second-order valence-corrected chi connectivity index (χ2v) is 4.71. The summed E-state index contributed by atoms with van der Waals surface area (Å²) in [5, 5.41) is 0. The standard InChI is InChI=1S/C15H18O8/c1-18-6-13(22-10-16)7-19-11-3-2-4-12(5-11)20-8-14-9-21-15(17)23-14/h2-5,10,13-14H,6-9H2,1H3. The lowest BCUT2D eigenvalue weighted by atomic mass is 10.3. The molecule has 8 nitrogen and oxygen atoms in total. The second kappa shape index (κ2) is 8.84. The van der Waals surface area contributed by atoms with E-state index in [1.54, 1.807) is 24.3 Å². The molecule has 1 heterocycles. The van der Waals surface area contributed by atoms with E-state index in [9.17, 15) is 9.59 Å². The molecule has 2 rings (SSSR count). The van der Waals surface area contributed by atoms with Crippen LogP contribution >= 0.6 is 0 Å². The van der Waals surface area contributed by atoms with Crippen molar-refractivity contribution in [2.45, 2.75) is 12.2 Å². The molecule has 8 heteroatoms. The Morgan fingerprint density at radius 1 is 1.30 bits per heavy atom. The molecule has 0 radical (unpaired) electrons. The number of benzene rings is 1. The van der Waals surface area contributed by atoms with Crippen LogP contribution < -0.4 is 9.47 Å². The molecule has 0 N–H and O–H groups in total. The van der Waals surface area contributed by atoms with E-state index in [0.717, 1.165) is 0 Å². The van der Waals surface area contributed by atoms with Gasteiger partial charge >= 0.3 is 6.16 Å². The number of rotatable bonds is 10. The van der Waals surface area contributed by atoms with E-state index in [1.165, 1.54) is 7.11 Å². The molecule has 1 aromatic rings. The van der Waals surface area contributed by atoms with Gasteiger partial charge < -0.3 is 28.4 Å². The van der Waals surface area contributed by atoms with Crippen molar-refractivity contribution in [2.75, 3.05) is 33.5 Å². The quantitative estimate of drug-likeness (QED) is 0.467. The molecule has 0 aromatic heterocycles. The number of carbonyl (C=O) groups is 2. The molecule has 0 bridgehead atoms. The van der Waals surface area contributed by atoms with Gasteiger partial charge in [-0.05, 0) is 12.1 Å². The molecular weight excluding hydrogens is 308 g/mol. The Labute approximate surface area is 133 Å². The fourth-order valence-corrected chi connectivity index (χ4v) is 1.87. The van der Waals surface area contributed by atoms with E-state index in [2.05, 4.69) is 4.74 Å². The molecule has 2 unspecified atom stereocenters. The molecule has 0 spiro atoms. The van der Waals surface area contributed by atoms with Gasteiger partial charge in [-0.2, -0.15) is 0 Å². The minimum Gasteiger partial charge on any atom is -0.489 e. The number of hydrogen-bond donors (Lipinski definition) is 0. The van der Waals surface area contributed by atoms with Crippen LogP contribution in [0.3, 0.4) is 0 Å². The molecule has 1 aliphatic rings. The summed E-state index contributed by atoms with van der Waals surface area (Å²) in [5.74, 6) is 1.11. The average Bonchev–Trinajstić information content (AvgIpc) is 2.97. The van der Waals surface area contributed by atoms with Crippen molar-refractivity contribution < 1.29 is 38.0 Å². The summed E-state index contributed by atoms with van der Waals surface area (Å²) in [6.07, 6.45) is -1.59. The highest BCUT2D eigenvalue weighted by molar-refractivity contribution is 5.61. The smallest absolute Gasteiger partial charge is 0.489 e. The van der Waals surface area contributed by atoms with E-state index in [-0.39, 0.29) is 26.4 Å². The van der Waals surface area contributed by atoms with E-state index < -0.39 is 18.4 Å². The van der Waals surface area contributed by atoms with Crippen LogP contribution in [0.25, 0.3) is 0 Å². The Morgan fingerprint density at radius 2 is 2.09 bits per heavy atom. The highest BCUT2D eigenvalue weighted by Crippen LogP contribution is 2.20. The van der Waals surface area contributed by atoms with Crippen molar-refractivity contribution in [1.29, 1.82) is 0 Å². The minimum absolute atomic E-state index is 0.157. The van der Waals surface area contributed by atoms with Crippen molar-refractivity contribution >= 4 is 12.6 Å². The predicted molar refractivity (Wildman–Crippen MR) is 76.5 cm³/mol. The molecule has 126 valence electrons. The first-order chi connectivity index (χ1) is 11.2. The Morgan fingerprint density at radius 3 is 2.74 bits per heavy atom. The zero-order valence-corrected chi connectivity index (χ0v) is 12.6. The van der Waals surface area contributed by atoms with Crippen LogP contribution in [0.4, 0.5) is 4.79 Å². The van der Waals surface area contributed by atoms with Crippen molar-refractivity contribution in [3.63, 3.8) is 0 Å². The topological polar surface area (TPSA) is 89.5 Å². The summed E-state index contributed by atoms with van der Waals surface area (Å²) >= 11 is 0. The summed E-state index contributed by atoms with van der Waals surface area (Å²) in [6.45, 7) is 1.12. The number of ether oxygens (including phenoxy) is 6. The maximum atomic E-state index is 10.8. The normalized spacial score (nSPS) is 17.8. The Balaban J connectivity index is 1.81. The van der Waals surface area contributed by atoms with Crippen molar-refractivity contribution in [3.05, 3.63) is 24.3 Å². The summed E-state index contributed by atoms with van der Waals surface area (Å²) in [6, 6.07) is 6.94. The highest BCUT2D eigenvalue weighted by Gasteiger charge is 2.25.